The number of anilines is 1. The summed E-state index contributed by atoms with van der Waals surface area (Å²) in [7, 11) is 0. The van der Waals surface area contributed by atoms with Gasteiger partial charge in [-0.25, -0.2) is 0 Å². The van der Waals surface area contributed by atoms with Crippen molar-refractivity contribution in [3.63, 3.8) is 0 Å². The molecule has 0 aliphatic carbocycles. The molecule has 2 aromatic carbocycles. The van der Waals surface area contributed by atoms with Gasteiger partial charge in [0.15, 0.2) is 0 Å². The fourth-order valence-electron chi connectivity index (χ4n) is 4.17. The van der Waals surface area contributed by atoms with Crippen molar-refractivity contribution in [3.05, 3.63) is 65.9 Å². The van der Waals surface area contributed by atoms with Crippen molar-refractivity contribution < 1.29 is 24.8 Å². The largest absolute Gasteiger partial charge is 0.343 e. The monoisotopic (exact) mass is 450 g/mol. The van der Waals surface area contributed by atoms with Crippen LogP contribution in [0.25, 0.3) is 10.9 Å². The molecule has 2 unspecified atom stereocenters. The standard InChI is InChI=1S/C24H26N4O5/c1-14(2)11-19-22(29)25-18-9-5-3-8-17(18)24(31)27-13-15(16-7-4-6-10-20(16)27)12-21(28(32)33)23(30)26-19/h3-10,13-14,19,21,32-33H,11-12H2,1-2H3,(H,25,29)(H,26,30). The van der Waals surface area contributed by atoms with Gasteiger partial charge in [0.25, 0.3) is 5.91 Å². The first-order valence-electron chi connectivity index (χ1n) is 10.8. The van der Waals surface area contributed by atoms with Crippen LogP contribution in [0.5, 0.6) is 0 Å². The van der Waals surface area contributed by atoms with Gasteiger partial charge in [-0.3, -0.25) is 29.4 Å². The molecule has 1 aromatic heterocycles. The van der Waals surface area contributed by atoms with Crippen molar-refractivity contribution in [2.24, 2.45) is 5.92 Å². The lowest BCUT2D eigenvalue weighted by Crippen LogP contribution is -2.52. The third kappa shape index (κ3) is 4.51. The van der Waals surface area contributed by atoms with E-state index in [1.807, 2.05) is 19.9 Å². The van der Waals surface area contributed by atoms with Crippen LogP contribution in [0.1, 0.15) is 36.2 Å². The second-order valence-corrected chi connectivity index (χ2v) is 8.61. The van der Waals surface area contributed by atoms with Gasteiger partial charge in [0.1, 0.15) is 12.1 Å². The Labute approximate surface area is 190 Å². The quantitative estimate of drug-likeness (QED) is 0.455. The van der Waals surface area contributed by atoms with Gasteiger partial charge in [0.05, 0.1) is 16.8 Å². The summed E-state index contributed by atoms with van der Waals surface area (Å²) in [5, 5.41) is 25.6. The van der Waals surface area contributed by atoms with E-state index in [0.717, 1.165) is 0 Å². The van der Waals surface area contributed by atoms with E-state index in [0.29, 0.717) is 34.1 Å². The molecule has 2 atom stereocenters. The van der Waals surface area contributed by atoms with E-state index >= 15 is 0 Å². The molecular weight excluding hydrogens is 424 g/mol. The maximum absolute atomic E-state index is 13.5. The van der Waals surface area contributed by atoms with Gasteiger partial charge in [-0.1, -0.05) is 49.4 Å². The Hall–Kier alpha value is -3.53. The van der Waals surface area contributed by atoms with Crippen LogP contribution in [0.3, 0.4) is 0 Å². The van der Waals surface area contributed by atoms with Gasteiger partial charge in [-0.2, -0.15) is 0 Å². The zero-order chi connectivity index (χ0) is 23.7. The number of para-hydroxylation sites is 2. The number of amides is 2. The highest BCUT2D eigenvalue weighted by Crippen LogP contribution is 2.27. The van der Waals surface area contributed by atoms with Gasteiger partial charge in [0, 0.05) is 18.0 Å². The van der Waals surface area contributed by atoms with Crippen molar-refractivity contribution in [1.82, 2.24) is 15.1 Å². The van der Waals surface area contributed by atoms with Gasteiger partial charge < -0.3 is 10.6 Å². The molecule has 9 heteroatoms. The minimum Gasteiger partial charge on any atom is -0.343 e. The molecule has 172 valence electrons. The first-order valence-corrected chi connectivity index (χ1v) is 10.8. The molecule has 0 saturated carbocycles. The highest BCUT2D eigenvalue weighted by atomic mass is 16.8. The molecule has 0 radical (unpaired) electrons. The Kier molecular flexibility index (Phi) is 6.28. The average molecular weight is 450 g/mol. The van der Waals surface area contributed by atoms with E-state index in [1.165, 1.54) is 4.57 Å². The van der Waals surface area contributed by atoms with Crippen LogP contribution < -0.4 is 10.6 Å². The molecule has 2 bridgehead atoms. The Balaban J connectivity index is 1.90. The van der Waals surface area contributed by atoms with Crippen LogP contribution >= 0.6 is 0 Å². The maximum Gasteiger partial charge on any atom is 0.264 e. The van der Waals surface area contributed by atoms with Crippen molar-refractivity contribution >= 4 is 34.3 Å². The molecule has 2 heterocycles. The third-order valence-electron chi connectivity index (χ3n) is 5.76. The molecule has 3 aromatic rings. The predicted octanol–water partition coefficient (Wildman–Crippen LogP) is 2.80. The fourth-order valence-corrected chi connectivity index (χ4v) is 4.17. The number of hydrogen-bond donors (Lipinski definition) is 4. The topological polar surface area (TPSA) is 124 Å². The third-order valence-corrected chi connectivity index (χ3v) is 5.76. The minimum absolute atomic E-state index is 0.0723. The molecule has 1 aliphatic rings. The highest BCUT2D eigenvalue weighted by Gasteiger charge is 2.32. The van der Waals surface area contributed by atoms with Crippen molar-refractivity contribution in [2.45, 2.75) is 38.8 Å². The van der Waals surface area contributed by atoms with E-state index in [2.05, 4.69) is 10.6 Å². The van der Waals surface area contributed by atoms with E-state index in [9.17, 15) is 24.8 Å². The van der Waals surface area contributed by atoms with Gasteiger partial charge >= 0.3 is 0 Å². The molecule has 0 spiro atoms. The lowest BCUT2D eigenvalue weighted by atomic mass is 10.0. The van der Waals surface area contributed by atoms with Crippen molar-refractivity contribution in [3.8, 4) is 0 Å². The van der Waals surface area contributed by atoms with Crippen LogP contribution in [0.4, 0.5) is 5.69 Å². The molecule has 4 rings (SSSR count). The number of nitrogens with zero attached hydrogens (tertiary/aromatic N) is 2. The fraction of sp³-hybridized carbons (Fsp3) is 0.292. The number of carbonyl (C=O) groups is 3. The average Bonchev–Trinajstić information content (AvgIpc) is 3.14. The van der Waals surface area contributed by atoms with Crippen LogP contribution in [-0.4, -0.2) is 50.0 Å². The Morgan fingerprint density at radius 1 is 1.03 bits per heavy atom. The molecule has 4 N–H and O–H groups in total. The Morgan fingerprint density at radius 3 is 2.45 bits per heavy atom. The Morgan fingerprint density at radius 2 is 1.73 bits per heavy atom. The first kappa shape index (κ1) is 22.7. The number of carbonyl (C=O) groups excluding carboxylic acids is 3. The molecule has 33 heavy (non-hydrogen) atoms. The SMILES string of the molecule is CC(C)CC1NC(=O)C(N(O)O)Cc2cn(c3ccccc23)C(=O)c2ccccc2NC1=O. The highest BCUT2D eigenvalue weighted by molar-refractivity contribution is 6.09. The van der Waals surface area contributed by atoms with E-state index in [-0.39, 0.29) is 23.5 Å². The van der Waals surface area contributed by atoms with Gasteiger partial charge in [-0.05, 0) is 36.1 Å². The van der Waals surface area contributed by atoms with Crippen LogP contribution in [0.15, 0.2) is 54.7 Å². The van der Waals surface area contributed by atoms with E-state index in [4.69, 9.17) is 0 Å². The lowest BCUT2D eigenvalue weighted by Gasteiger charge is -2.25. The number of nitrogens with one attached hydrogen (secondary N) is 2. The number of hydrogen-bond acceptors (Lipinski definition) is 6. The molecule has 0 fully saturated rings. The molecule has 1 aliphatic heterocycles. The van der Waals surface area contributed by atoms with E-state index < -0.39 is 23.9 Å². The van der Waals surface area contributed by atoms with Crippen molar-refractivity contribution in [1.29, 1.82) is 0 Å². The molecule has 2 amide bonds. The summed E-state index contributed by atoms with van der Waals surface area (Å²) in [6, 6.07) is 11.6. The van der Waals surface area contributed by atoms with Gasteiger partial charge in [-0.15, -0.1) is 0 Å². The zero-order valence-electron chi connectivity index (χ0n) is 18.4. The maximum atomic E-state index is 13.5. The number of benzene rings is 2. The molecular formula is C24H26N4O5. The van der Waals surface area contributed by atoms with Gasteiger partial charge in [0.2, 0.25) is 11.8 Å². The summed E-state index contributed by atoms with van der Waals surface area (Å²) >= 11 is 0. The minimum atomic E-state index is -1.38. The first-order chi connectivity index (χ1) is 15.8. The summed E-state index contributed by atoms with van der Waals surface area (Å²) in [6.45, 7) is 3.82. The number of aromatic nitrogens is 1. The molecule has 9 nitrogen and oxygen atoms in total. The van der Waals surface area contributed by atoms with Crippen LogP contribution in [0.2, 0.25) is 0 Å². The lowest BCUT2D eigenvalue weighted by molar-refractivity contribution is -0.324. The second-order valence-electron chi connectivity index (χ2n) is 8.61. The predicted molar refractivity (Wildman–Crippen MR) is 121 cm³/mol. The second kappa shape index (κ2) is 9.14. The number of rotatable bonds is 3. The van der Waals surface area contributed by atoms with Crippen LogP contribution in [0, 0.1) is 5.92 Å². The summed E-state index contributed by atoms with van der Waals surface area (Å²) in [5.41, 5.74) is 1.82. The molecule has 0 saturated heterocycles. The van der Waals surface area contributed by atoms with Crippen molar-refractivity contribution in [2.75, 3.05) is 5.32 Å². The smallest absolute Gasteiger partial charge is 0.264 e. The normalized spacial score (nSPS) is 19.5. The summed E-state index contributed by atoms with van der Waals surface area (Å²) in [6.07, 6.45) is 1.84. The summed E-state index contributed by atoms with van der Waals surface area (Å²) in [5.74, 6) is -1.48. The number of hydroxylamine groups is 2. The van der Waals surface area contributed by atoms with Crippen LogP contribution in [-0.2, 0) is 16.0 Å². The zero-order valence-corrected chi connectivity index (χ0v) is 18.4. The summed E-state index contributed by atoms with van der Waals surface area (Å²) < 4.78 is 1.45. The Bertz CT molecular complexity index is 1220. The number of fused-ring (bicyclic) bond motifs is 6. The summed E-state index contributed by atoms with van der Waals surface area (Å²) in [4.78, 5) is 39.7. The van der Waals surface area contributed by atoms with E-state index in [1.54, 1.807) is 48.7 Å².